The minimum absolute atomic E-state index is 0.140. The van der Waals surface area contributed by atoms with Crippen LogP contribution >= 0.6 is 11.3 Å². The molecule has 1 amide bonds. The highest BCUT2D eigenvalue weighted by Crippen LogP contribution is 2.28. The van der Waals surface area contributed by atoms with E-state index in [4.69, 9.17) is 4.74 Å². The van der Waals surface area contributed by atoms with Crippen molar-refractivity contribution >= 4 is 33.3 Å². The molecule has 4 nitrogen and oxygen atoms in total. The van der Waals surface area contributed by atoms with Crippen molar-refractivity contribution in [1.82, 2.24) is 5.32 Å². The summed E-state index contributed by atoms with van der Waals surface area (Å²) >= 11 is 1.16. The third-order valence-electron chi connectivity index (χ3n) is 4.80. The molecular formula is C19H22FNO3S. The fourth-order valence-corrected chi connectivity index (χ4v) is 4.19. The van der Waals surface area contributed by atoms with E-state index in [-0.39, 0.29) is 17.8 Å². The summed E-state index contributed by atoms with van der Waals surface area (Å²) in [4.78, 5) is 24.9. The number of carbonyl (C=O) groups is 2. The molecule has 0 spiro atoms. The van der Waals surface area contributed by atoms with Gasteiger partial charge in [-0.05, 0) is 43.9 Å². The summed E-state index contributed by atoms with van der Waals surface area (Å²) in [7, 11) is 0. The normalized spacial score (nSPS) is 21.7. The van der Waals surface area contributed by atoms with Crippen molar-refractivity contribution in [3.8, 4) is 0 Å². The van der Waals surface area contributed by atoms with E-state index in [2.05, 4.69) is 12.2 Å². The van der Waals surface area contributed by atoms with Crippen molar-refractivity contribution < 1.29 is 18.7 Å². The number of ether oxygens (including phenoxy) is 1. The van der Waals surface area contributed by atoms with Crippen molar-refractivity contribution in [3.05, 3.63) is 35.0 Å². The van der Waals surface area contributed by atoms with E-state index >= 15 is 0 Å². The maximum atomic E-state index is 13.7. The Hall–Kier alpha value is -1.95. The van der Waals surface area contributed by atoms with Crippen LogP contribution in [0.25, 0.3) is 10.1 Å². The van der Waals surface area contributed by atoms with Gasteiger partial charge in [0.05, 0.1) is 0 Å². The van der Waals surface area contributed by atoms with Crippen molar-refractivity contribution in [2.45, 2.75) is 51.7 Å². The van der Waals surface area contributed by atoms with Gasteiger partial charge in [-0.25, -0.2) is 9.18 Å². The first kappa shape index (κ1) is 17.9. The van der Waals surface area contributed by atoms with Crippen molar-refractivity contribution in [1.29, 1.82) is 0 Å². The highest BCUT2D eigenvalue weighted by molar-refractivity contribution is 7.20. The Bertz CT molecular complexity index is 788. The standard InChI is InChI=1S/C19H22FNO3S/c1-11-6-3-4-8-15(11)21-18(22)12(2)24-19(23)17-10-13-14(20)7-5-9-16(13)25-17/h5,7,9-12,15H,3-4,6,8H2,1-2H3,(H,21,22)/t11-,12-,15+/m1/s1. The average Bonchev–Trinajstić information content (AvgIpc) is 3.02. The molecule has 6 heteroatoms. The van der Waals surface area contributed by atoms with Crippen LogP contribution in [0.5, 0.6) is 0 Å². The number of carbonyl (C=O) groups excluding carboxylic acids is 2. The molecular weight excluding hydrogens is 341 g/mol. The van der Waals surface area contributed by atoms with Crippen LogP contribution in [-0.2, 0) is 9.53 Å². The molecule has 1 saturated carbocycles. The highest BCUT2D eigenvalue weighted by Gasteiger charge is 2.27. The lowest BCUT2D eigenvalue weighted by atomic mass is 9.86. The fourth-order valence-electron chi connectivity index (χ4n) is 3.23. The van der Waals surface area contributed by atoms with E-state index in [9.17, 15) is 14.0 Å². The summed E-state index contributed by atoms with van der Waals surface area (Å²) < 4.78 is 19.7. The van der Waals surface area contributed by atoms with E-state index in [1.807, 2.05) is 0 Å². The molecule has 1 fully saturated rings. The van der Waals surface area contributed by atoms with Crippen LogP contribution in [0.2, 0.25) is 0 Å². The minimum atomic E-state index is -0.878. The Labute approximate surface area is 150 Å². The second-order valence-corrected chi connectivity index (χ2v) is 7.77. The number of hydrogen-bond acceptors (Lipinski definition) is 4. The van der Waals surface area contributed by atoms with Gasteiger partial charge in [0, 0.05) is 16.1 Å². The lowest BCUT2D eigenvalue weighted by molar-refractivity contribution is -0.130. The number of nitrogens with one attached hydrogen (secondary N) is 1. The Balaban J connectivity index is 1.62. The minimum Gasteiger partial charge on any atom is -0.448 e. The summed E-state index contributed by atoms with van der Waals surface area (Å²) in [5.74, 6) is -0.810. The Kier molecular flexibility index (Phi) is 5.37. The number of benzene rings is 1. The summed E-state index contributed by atoms with van der Waals surface area (Å²) in [6, 6.07) is 6.32. The number of hydrogen-bond donors (Lipinski definition) is 1. The molecule has 1 N–H and O–H groups in total. The predicted molar refractivity (Wildman–Crippen MR) is 96.2 cm³/mol. The monoisotopic (exact) mass is 363 g/mol. The SMILES string of the molecule is C[C@@H]1CCCC[C@@H]1NC(=O)[C@@H](C)OC(=O)c1cc2c(F)cccc2s1. The average molecular weight is 363 g/mol. The lowest BCUT2D eigenvalue weighted by Crippen LogP contribution is -2.45. The quantitative estimate of drug-likeness (QED) is 0.825. The number of esters is 1. The van der Waals surface area contributed by atoms with Gasteiger partial charge in [0.25, 0.3) is 5.91 Å². The van der Waals surface area contributed by atoms with Crippen LogP contribution in [0.3, 0.4) is 0 Å². The van der Waals surface area contributed by atoms with E-state index < -0.39 is 12.1 Å². The zero-order chi connectivity index (χ0) is 18.0. The maximum absolute atomic E-state index is 13.7. The van der Waals surface area contributed by atoms with Gasteiger partial charge in [-0.2, -0.15) is 0 Å². The van der Waals surface area contributed by atoms with Gasteiger partial charge in [0.2, 0.25) is 0 Å². The number of fused-ring (bicyclic) bond motifs is 1. The second kappa shape index (κ2) is 7.52. The van der Waals surface area contributed by atoms with Gasteiger partial charge >= 0.3 is 5.97 Å². The summed E-state index contributed by atoms with van der Waals surface area (Å²) in [6.07, 6.45) is 3.49. The summed E-state index contributed by atoms with van der Waals surface area (Å²) in [5, 5.41) is 3.38. The van der Waals surface area contributed by atoms with E-state index in [1.54, 1.807) is 19.1 Å². The molecule has 0 bridgehead atoms. The third-order valence-corrected chi connectivity index (χ3v) is 5.88. The third kappa shape index (κ3) is 4.00. The van der Waals surface area contributed by atoms with Crippen LogP contribution in [0, 0.1) is 11.7 Å². The molecule has 0 saturated heterocycles. The molecule has 1 heterocycles. The number of halogens is 1. The van der Waals surface area contributed by atoms with Crippen LogP contribution < -0.4 is 5.32 Å². The molecule has 25 heavy (non-hydrogen) atoms. The Morgan fingerprint density at radius 2 is 2.08 bits per heavy atom. The number of rotatable bonds is 4. The maximum Gasteiger partial charge on any atom is 0.349 e. The van der Waals surface area contributed by atoms with Crippen LogP contribution in [-0.4, -0.2) is 24.0 Å². The second-order valence-electron chi connectivity index (χ2n) is 6.69. The molecule has 1 aromatic heterocycles. The fraction of sp³-hybridized carbons (Fsp3) is 0.474. The first-order chi connectivity index (χ1) is 12.0. The smallest absolute Gasteiger partial charge is 0.349 e. The number of thiophene rings is 1. The summed E-state index contributed by atoms with van der Waals surface area (Å²) in [6.45, 7) is 3.70. The molecule has 0 radical (unpaired) electrons. The molecule has 2 aromatic rings. The molecule has 3 atom stereocenters. The van der Waals surface area contributed by atoms with Crippen molar-refractivity contribution in [2.24, 2.45) is 5.92 Å². The van der Waals surface area contributed by atoms with Gasteiger partial charge in [-0.1, -0.05) is 25.8 Å². The lowest BCUT2D eigenvalue weighted by Gasteiger charge is -2.30. The number of amides is 1. The molecule has 134 valence electrons. The summed E-state index contributed by atoms with van der Waals surface area (Å²) in [5.41, 5.74) is 0. The highest BCUT2D eigenvalue weighted by atomic mass is 32.1. The van der Waals surface area contributed by atoms with Gasteiger partial charge in [0.15, 0.2) is 6.10 Å². The topological polar surface area (TPSA) is 55.4 Å². The molecule has 1 aliphatic carbocycles. The van der Waals surface area contributed by atoms with Gasteiger partial charge in [0.1, 0.15) is 10.7 Å². The van der Waals surface area contributed by atoms with Crippen LogP contribution in [0.4, 0.5) is 4.39 Å². The zero-order valence-corrected chi connectivity index (χ0v) is 15.2. The first-order valence-electron chi connectivity index (χ1n) is 8.65. The van der Waals surface area contributed by atoms with Crippen LogP contribution in [0.15, 0.2) is 24.3 Å². The van der Waals surface area contributed by atoms with Crippen LogP contribution in [0.1, 0.15) is 49.2 Å². The molecule has 1 aromatic carbocycles. The molecule has 0 aliphatic heterocycles. The Morgan fingerprint density at radius 1 is 1.32 bits per heavy atom. The van der Waals surface area contributed by atoms with Crippen molar-refractivity contribution in [2.75, 3.05) is 0 Å². The van der Waals surface area contributed by atoms with Gasteiger partial charge in [-0.15, -0.1) is 11.3 Å². The Morgan fingerprint density at radius 3 is 2.80 bits per heavy atom. The molecule has 3 rings (SSSR count). The van der Waals surface area contributed by atoms with Crippen molar-refractivity contribution in [3.63, 3.8) is 0 Å². The van der Waals surface area contributed by atoms with Gasteiger partial charge in [-0.3, -0.25) is 4.79 Å². The zero-order valence-electron chi connectivity index (χ0n) is 14.4. The van der Waals surface area contributed by atoms with E-state index in [0.717, 1.165) is 30.6 Å². The van der Waals surface area contributed by atoms with Gasteiger partial charge < -0.3 is 10.1 Å². The molecule has 1 aliphatic rings. The largest absolute Gasteiger partial charge is 0.448 e. The molecule has 0 unspecified atom stereocenters. The predicted octanol–water partition coefficient (Wildman–Crippen LogP) is 4.28. The first-order valence-corrected chi connectivity index (χ1v) is 9.47. The van der Waals surface area contributed by atoms with E-state index in [0.29, 0.717) is 20.9 Å². The van der Waals surface area contributed by atoms with E-state index in [1.165, 1.54) is 18.6 Å².